The molecule has 26 heavy (non-hydrogen) atoms. The van der Waals surface area contributed by atoms with Crippen LogP contribution in [-0.4, -0.2) is 45.8 Å². The lowest BCUT2D eigenvalue weighted by Gasteiger charge is -2.31. The minimum absolute atomic E-state index is 0.0425. The minimum Gasteiger partial charge on any atom is -0.493 e. The molecule has 1 saturated heterocycles. The summed E-state index contributed by atoms with van der Waals surface area (Å²) in [7, 11) is -3.94. The Hall–Kier alpha value is -1.21. The van der Waals surface area contributed by atoms with E-state index in [0.717, 1.165) is 43.2 Å². The molecule has 7 heteroatoms. The summed E-state index contributed by atoms with van der Waals surface area (Å²) < 4.78 is 56.0. The third-order valence-corrected chi connectivity index (χ3v) is 6.89. The molecule has 1 aliphatic heterocycles. The predicted octanol–water partition coefficient (Wildman–Crippen LogP) is 3.51. The molecule has 4 nitrogen and oxygen atoms in total. The molecule has 0 unspecified atom stereocenters. The van der Waals surface area contributed by atoms with Gasteiger partial charge in [-0.25, -0.2) is 17.2 Å². The highest BCUT2D eigenvalue weighted by molar-refractivity contribution is 7.90. The first kappa shape index (κ1) is 19.5. The standard InChI is InChI=1S/C19H27F2NO3S/c1-3-22-7-4-13(5-8-22)16-10-14(16)6-9-25-15-11-17(20)19(18(21)12-15)26(2,23)24/h11-14,16H,3-10H2,1-2H3/t14-,16-/m1/s1. The van der Waals surface area contributed by atoms with Gasteiger partial charge in [-0.3, -0.25) is 0 Å². The lowest BCUT2D eigenvalue weighted by atomic mass is 9.90. The fourth-order valence-electron chi connectivity index (χ4n) is 4.18. The molecule has 1 aromatic carbocycles. The summed E-state index contributed by atoms with van der Waals surface area (Å²) in [6.07, 6.45) is 5.40. The molecule has 0 bridgehead atoms. The Labute approximate surface area is 154 Å². The van der Waals surface area contributed by atoms with Crippen LogP contribution in [-0.2, 0) is 9.84 Å². The zero-order valence-corrected chi connectivity index (χ0v) is 16.2. The number of sulfone groups is 1. The zero-order chi connectivity index (χ0) is 18.9. The molecule has 0 N–H and O–H groups in total. The van der Waals surface area contributed by atoms with Gasteiger partial charge in [-0.2, -0.15) is 0 Å². The molecule has 0 amide bonds. The topological polar surface area (TPSA) is 46.6 Å². The molecule has 3 rings (SSSR count). The molecule has 2 fully saturated rings. The van der Waals surface area contributed by atoms with Crippen molar-refractivity contribution in [1.29, 1.82) is 0 Å². The Morgan fingerprint density at radius 1 is 1.19 bits per heavy atom. The van der Waals surface area contributed by atoms with Crippen molar-refractivity contribution < 1.29 is 21.9 Å². The Bertz CT molecular complexity index is 722. The van der Waals surface area contributed by atoms with E-state index in [9.17, 15) is 17.2 Å². The van der Waals surface area contributed by atoms with Crippen LogP contribution in [0, 0.1) is 29.4 Å². The largest absolute Gasteiger partial charge is 0.493 e. The second-order valence-corrected chi connectivity index (χ2v) is 9.51. The summed E-state index contributed by atoms with van der Waals surface area (Å²) in [5.74, 6) is 0.0356. The summed E-state index contributed by atoms with van der Waals surface area (Å²) in [6, 6.07) is 1.90. The first-order valence-electron chi connectivity index (χ1n) is 9.33. The summed E-state index contributed by atoms with van der Waals surface area (Å²) in [6.45, 7) is 6.09. The minimum atomic E-state index is -3.94. The first-order valence-corrected chi connectivity index (χ1v) is 11.2. The van der Waals surface area contributed by atoms with E-state index in [1.165, 1.54) is 32.4 Å². The van der Waals surface area contributed by atoms with Gasteiger partial charge in [0.25, 0.3) is 0 Å². The van der Waals surface area contributed by atoms with Crippen molar-refractivity contribution in [2.75, 3.05) is 32.5 Å². The molecule has 0 radical (unpaired) electrons. The Morgan fingerprint density at radius 2 is 1.81 bits per heavy atom. The highest BCUT2D eigenvalue weighted by Crippen LogP contribution is 2.49. The number of nitrogens with zero attached hydrogens (tertiary/aromatic N) is 1. The maximum absolute atomic E-state index is 13.9. The van der Waals surface area contributed by atoms with Gasteiger partial charge in [-0.1, -0.05) is 6.92 Å². The van der Waals surface area contributed by atoms with E-state index in [1.807, 2.05) is 0 Å². The van der Waals surface area contributed by atoms with E-state index in [-0.39, 0.29) is 5.75 Å². The highest BCUT2D eigenvalue weighted by atomic mass is 32.2. The van der Waals surface area contributed by atoms with Gasteiger partial charge in [-0.05, 0) is 63.1 Å². The molecule has 0 spiro atoms. The summed E-state index contributed by atoms with van der Waals surface area (Å²) in [5, 5.41) is 0. The lowest BCUT2D eigenvalue weighted by Crippen LogP contribution is -2.34. The maximum Gasteiger partial charge on any atom is 0.181 e. The van der Waals surface area contributed by atoms with Crippen LogP contribution in [0.1, 0.15) is 32.6 Å². The summed E-state index contributed by atoms with van der Waals surface area (Å²) >= 11 is 0. The molecule has 2 aliphatic rings. The zero-order valence-electron chi connectivity index (χ0n) is 15.4. The van der Waals surface area contributed by atoms with Crippen molar-refractivity contribution in [2.45, 2.75) is 37.5 Å². The molecule has 1 saturated carbocycles. The first-order chi connectivity index (χ1) is 12.3. The van der Waals surface area contributed by atoms with Gasteiger partial charge in [0, 0.05) is 18.4 Å². The van der Waals surface area contributed by atoms with Crippen LogP contribution in [0.25, 0.3) is 0 Å². The lowest BCUT2D eigenvalue weighted by molar-refractivity contribution is 0.174. The average Bonchev–Trinajstić information content (AvgIpc) is 3.32. The summed E-state index contributed by atoms with van der Waals surface area (Å²) in [4.78, 5) is 1.59. The van der Waals surface area contributed by atoms with E-state index >= 15 is 0 Å². The molecular weight excluding hydrogens is 360 g/mol. The number of likely N-dealkylation sites (tertiary alicyclic amines) is 1. The second kappa shape index (κ2) is 7.80. The number of rotatable bonds is 7. The number of hydrogen-bond donors (Lipinski definition) is 0. The fourth-order valence-corrected chi connectivity index (χ4v) is 5.01. The van der Waals surface area contributed by atoms with Crippen LogP contribution in [0.15, 0.2) is 17.0 Å². The van der Waals surface area contributed by atoms with E-state index < -0.39 is 26.4 Å². The molecule has 1 aromatic rings. The molecule has 146 valence electrons. The van der Waals surface area contributed by atoms with Gasteiger partial charge < -0.3 is 9.64 Å². The van der Waals surface area contributed by atoms with Crippen molar-refractivity contribution >= 4 is 9.84 Å². The molecule has 1 aliphatic carbocycles. The van der Waals surface area contributed by atoms with Gasteiger partial charge in [0.15, 0.2) is 9.84 Å². The molecule has 2 atom stereocenters. The van der Waals surface area contributed by atoms with Gasteiger partial charge in [0.1, 0.15) is 22.3 Å². The normalized spacial score (nSPS) is 24.6. The van der Waals surface area contributed by atoms with Crippen LogP contribution in [0.3, 0.4) is 0 Å². The number of halogens is 2. The Kier molecular flexibility index (Phi) is 5.87. The molecular formula is C19H27F2NO3S. The number of benzene rings is 1. The van der Waals surface area contributed by atoms with Gasteiger partial charge >= 0.3 is 0 Å². The van der Waals surface area contributed by atoms with Gasteiger partial charge in [0.05, 0.1) is 6.61 Å². The molecule has 0 aromatic heterocycles. The van der Waals surface area contributed by atoms with Crippen molar-refractivity contribution in [3.63, 3.8) is 0 Å². The Balaban J connectivity index is 1.46. The fraction of sp³-hybridized carbons (Fsp3) is 0.684. The average molecular weight is 387 g/mol. The smallest absolute Gasteiger partial charge is 0.181 e. The van der Waals surface area contributed by atoms with Crippen molar-refractivity contribution in [1.82, 2.24) is 4.90 Å². The monoisotopic (exact) mass is 387 g/mol. The van der Waals surface area contributed by atoms with E-state index in [4.69, 9.17) is 4.74 Å². The van der Waals surface area contributed by atoms with Gasteiger partial charge in [-0.15, -0.1) is 0 Å². The van der Waals surface area contributed by atoms with Crippen LogP contribution < -0.4 is 4.74 Å². The van der Waals surface area contributed by atoms with Gasteiger partial charge in [0.2, 0.25) is 0 Å². The van der Waals surface area contributed by atoms with Crippen molar-refractivity contribution in [3.05, 3.63) is 23.8 Å². The highest BCUT2D eigenvalue weighted by Gasteiger charge is 2.42. The van der Waals surface area contributed by atoms with Crippen LogP contribution in [0.2, 0.25) is 0 Å². The predicted molar refractivity (Wildman–Crippen MR) is 96.0 cm³/mol. The number of piperidine rings is 1. The quantitative estimate of drug-likeness (QED) is 0.718. The summed E-state index contributed by atoms with van der Waals surface area (Å²) in [5.41, 5.74) is 0. The van der Waals surface area contributed by atoms with Crippen molar-refractivity contribution in [2.24, 2.45) is 17.8 Å². The Morgan fingerprint density at radius 3 is 2.35 bits per heavy atom. The number of ether oxygens (including phenoxy) is 1. The van der Waals surface area contributed by atoms with E-state index in [2.05, 4.69) is 11.8 Å². The second-order valence-electron chi connectivity index (χ2n) is 7.56. The van der Waals surface area contributed by atoms with Crippen molar-refractivity contribution in [3.8, 4) is 5.75 Å². The van der Waals surface area contributed by atoms with E-state index in [1.54, 1.807) is 0 Å². The third-order valence-electron chi connectivity index (χ3n) is 5.76. The maximum atomic E-state index is 13.9. The van der Waals surface area contributed by atoms with Crippen LogP contribution >= 0.6 is 0 Å². The third kappa shape index (κ3) is 4.55. The molecule has 1 heterocycles. The van der Waals surface area contributed by atoms with Crippen LogP contribution in [0.4, 0.5) is 8.78 Å². The number of hydrogen-bond acceptors (Lipinski definition) is 4. The van der Waals surface area contributed by atoms with Crippen LogP contribution in [0.5, 0.6) is 5.75 Å². The SMILES string of the molecule is CCN1CCC([C@H]2C[C@H]2CCOc2cc(F)c(S(C)(=O)=O)c(F)c2)CC1. The van der Waals surface area contributed by atoms with E-state index in [0.29, 0.717) is 12.5 Å².